The van der Waals surface area contributed by atoms with Crippen LogP contribution in [0.3, 0.4) is 0 Å². The third-order valence-corrected chi connectivity index (χ3v) is 19.1. The van der Waals surface area contributed by atoms with E-state index in [-0.39, 0.29) is 16.2 Å². The predicted octanol–water partition coefficient (Wildman–Crippen LogP) is 22.1. The first kappa shape index (κ1) is 53.3. The van der Waals surface area contributed by atoms with Crippen molar-refractivity contribution in [1.29, 1.82) is 0 Å². The number of hydrogen-bond acceptors (Lipinski definition) is 0. The first-order valence-electron chi connectivity index (χ1n) is 31.3. The summed E-state index contributed by atoms with van der Waals surface area (Å²) in [6.45, 7) is 17.0. The molecule has 0 radical (unpaired) electrons. The number of rotatable bonds is 11. The van der Waals surface area contributed by atoms with E-state index >= 15 is 0 Å². The quantitative estimate of drug-likeness (QED) is 0.123. The van der Waals surface area contributed by atoms with E-state index in [4.69, 9.17) is 0 Å². The molecule has 12 aromatic carbocycles. The molecule has 0 atom stereocenters. The fourth-order valence-electron chi connectivity index (χ4n) is 15.5. The van der Waals surface area contributed by atoms with Gasteiger partial charge in [-0.2, -0.15) is 0 Å². The van der Waals surface area contributed by atoms with E-state index in [1.165, 1.54) is 132 Å². The maximum absolute atomic E-state index is 2.53. The summed E-state index contributed by atoms with van der Waals surface area (Å²) in [5.41, 5.74) is 23.0. The van der Waals surface area contributed by atoms with Gasteiger partial charge in [0, 0.05) is 65.8 Å². The van der Waals surface area contributed by atoms with Crippen molar-refractivity contribution >= 4 is 87.2 Å². The van der Waals surface area contributed by atoms with Crippen LogP contribution in [0.4, 0.5) is 0 Å². The van der Waals surface area contributed by atoms with Gasteiger partial charge in [0.05, 0.1) is 44.1 Å². The Morgan fingerprint density at radius 1 is 0.261 bits per heavy atom. The minimum absolute atomic E-state index is 0.162. The van der Waals surface area contributed by atoms with Gasteiger partial charge < -0.3 is 18.3 Å². The molecular formula is C84H70N4. The topological polar surface area (TPSA) is 19.7 Å². The summed E-state index contributed by atoms with van der Waals surface area (Å²) in [6, 6.07) is 102. The van der Waals surface area contributed by atoms with Gasteiger partial charge in [-0.25, -0.2) is 0 Å². The zero-order chi connectivity index (χ0) is 59.6. The maximum atomic E-state index is 2.53. The standard InChI is InChI=1S/C84H70N4/c1-82(2,3)81-78-64-36-21-24-40-69(64)86(59-31-16-10-17-32-59)74(78)52-75-79(81)65-37-22-25-41-70(65)87(75)61-46-43-55(44-47-61)53-84(6,7)80-62(57-27-12-8-13-28-57)49-50-72-77(80)66-48-45-56(51-73(66)88(72)60-33-18-11-19-34-60)54-83(4,5)67-38-26-42-71-76(67)63-35-20-23-39-68(63)85(71)58-29-14-9-15-30-58/h8-52H,53-54H2,1-7H3. The third kappa shape index (κ3) is 8.40. The van der Waals surface area contributed by atoms with Crippen molar-refractivity contribution in [2.75, 3.05) is 0 Å². The molecule has 0 aliphatic carbocycles. The van der Waals surface area contributed by atoms with Crippen LogP contribution in [0.25, 0.3) is 121 Å². The zero-order valence-electron chi connectivity index (χ0n) is 51.2. The van der Waals surface area contributed by atoms with Crippen molar-refractivity contribution < 1.29 is 0 Å². The van der Waals surface area contributed by atoms with Crippen LogP contribution in [0.15, 0.2) is 273 Å². The summed E-state index contributed by atoms with van der Waals surface area (Å²) in [5, 5.41) is 10.4. The lowest BCUT2D eigenvalue weighted by atomic mass is 9.74. The molecule has 4 heteroatoms. The molecule has 16 rings (SSSR count). The van der Waals surface area contributed by atoms with E-state index < -0.39 is 0 Å². The summed E-state index contributed by atoms with van der Waals surface area (Å²) >= 11 is 0. The van der Waals surface area contributed by atoms with Gasteiger partial charge in [-0.15, -0.1) is 0 Å². The van der Waals surface area contributed by atoms with E-state index in [0.29, 0.717) is 0 Å². The largest absolute Gasteiger partial charge is 0.309 e. The van der Waals surface area contributed by atoms with Gasteiger partial charge in [0.15, 0.2) is 0 Å². The lowest BCUT2D eigenvalue weighted by molar-refractivity contribution is 0.527. The van der Waals surface area contributed by atoms with E-state index in [1.54, 1.807) is 0 Å². The Balaban J connectivity index is 0.836. The van der Waals surface area contributed by atoms with E-state index in [0.717, 1.165) is 29.9 Å². The molecule has 0 unspecified atom stereocenters. The summed E-state index contributed by atoms with van der Waals surface area (Å²) < 4.78 is 9.96. The molecule has 0 amide bonds. The molecule has 88 heavy (non-hydrogen) atoms. The highest BCUT2D eigenvalue weighted by atomic mass is 15.0. The summed E-state index contributed by atoms with van der Waals surface area (Å²) in [7, 11) is 0. The van der Waals surface area contributed by atoms with Gasteiger partial charge in [0.1, 0.15) is 0 Å². The van der Waals surface area contributed by atoms with E-state index in [9.17, 15) is 0 Å². The third-order valence-electron chi connectivity index (χ3n) is 19.1. The predicted molar refractivity (Wildman–Crippen MR) is 374 cm³/mol. The molecular weight excluding hydrogens is 1060 g/mol. The number of aromatic nitrogens is 4. The summed E-state index contributed by atoms with van der Waals surface area (Å²) in [4.78, 5) is 0. The molecule has 0 saturated carbocycles. The number of fused-ring (bicyclic) bond motifs is 12. The van der Waals surface area contributed by atoms with Crippen LogP contribution in [0, 0.1) is 0 Å². The fourth-order valence-corrected chi connectivity index (χ4v) is 15.5. The Morgan fingerprint density at radius 2 is 0.659 bits per heavy atom. The molecule has 0 N–H and O–H groups in total. The van der Waals surface area contributed by atoms with Crippen LogP contribution in [0.1, 0.15) is 76.3 Å². The van der Waals surface area contributed by atoms with Crippen molar-refractivity contribution in [3.05, 3.63) is 301 Å². The molecule has 426 valence electrons. The van der Waals surface area contributed by atoms with Crippen LogP contribution < -0.4 is 0 Å². The highest BCUT2D eigenvalue weighted by molar-refractivity contribution is 6.22. The molecule has 0 aliphatic heterocycles. The van der Waals surface area contributed by atoms with E-state index in [1.807, 2.05) is 0 Å². The summed E-state index contributed by atoms with van der Waals surface area (Å²) in [5.74, 6) is 0. The number of hydrogen-bond donors (Lipinski definition) is 0. The van der Waals surface area contributed by atoms with Crippen LogP contribution in [-0.4, -0.2) is 18.3 Å². The van der Waals surface area contributed by atoms with Crippen molar-refractivity contribution in [3.63, 3.8) is 0 Å². The summed E-state index contributed by atoms with van der Waals surface area (Å²) in [6.07, 6.45) is 1.70. The van der Waals surface area contributed by atoms with Gasteiger partial charge in [0.25, 0.3) is 0 Å². The monoisotopic (exact) mass is 1130 g/mol. The first-order chi connectivity index (χ1) is 42.8. The number of benzene rings is 12. The highest BCUT2D eigenvalue weighted by Crippen LogP contribution is 2.49. The Bertz CT molecular complexity index is 5370. The lowest BCUT2D eigenvalue weighted by Crippen LogP contribution is -2.22. The van der Waals surface area contributed by atoms with Gasteiger partial charge in [-0.05, 0) is 159 Å². The minimum Gasteiger partial charge on any atom is -0.309 e. The maximum Gasteiger partial charge on any atom is 0.0565 e. The van der Waals surface area contributed by atoms with Gasteiger partial charge in [0.2, 0.25) is 0 Å². The molecule has 0 bridgehead atoms. The average molecular weight is 1140 g/mol. The molecule has 4 aromatic heterocycles. The second-order valence-electron chi connectivity index (χ2n) is 26.8. The highest BCUT2D eigenvalue weighted by Gasteiger charge is 2.33. The second kappa shape index (κ2) is 20.2. The fraction of sp³-hybridized carbons (Fsp3) is 0.143. The van der Waals surface area contributed by atoms with E-state index in [2.05, 4.69) is 340 Å². The Kier molecular flexibility index (Phi) is 12.3. The Morgan fingerprint density at radius 3 is 1.19 bits per heavy atom. The van der Waals surface area contributed by atoms with Crippen LogP contribution in [0.2, 0.25) is 0 Å². The van der Waals surface area contributed by atoms with Crippen LogP contribution in [0.5, 0.6) is 0 Å². The van der Waals surface area contributed by atoms with Gasteiger partial charge >= 0.3 is 0 Å². The van der Waals surface area contributed by atoms with Gasteiger partial charge in [-0.3, -0.25) is 0 Å². The number of nitrogens with zero attached hydrogens (tertiary/aromatic N) is 4. The molecule has 16 aromatic rings. The molecule has 4 heterocycles. The molecule has 4 nitrogen and oxygen atoms in total. The lowest BCUT2D eigenvalue weighted by Gasteiger charge is -2.30. The number of para-hydroxylation sites is 6. The molecule has 0 aliphatic rings. The van der Waals surface area contributed by atoms with Crippen molar-refractivity contribution in [1.82, 2.24) is 18.3 Å². The van der Waals surface area contributed by atoms with Crippen molar-refractivity contribution in [2.45, 2.75) is 77.6 Å². The Hall–Kier alpha value is -10.2. The first-order valence-corrected chi connectivity index (χ1v) is 31.3. The SMILES string of the molecule is CC(C)(C)c1c2c3ccccc3n(-c3ccccc3)c2cc2c1c1ccccc1n2-c1ccc(CC(C)(C)c2c(-c3ccccc3)ccc3c2c2ccc(CC(C)(C)c4cccc5c4c4ccccc4n5-c4ccccc4)cc2n3-c2ccccc2)cc1. The zero-order valence-corrected chi connectivity index (χ0v) is 51.2. The molecule has 0 saturated heterocycles. The van der Waals surface area contributed by atoms with Crippen molar-refractivity contribution in [3.8, 4) is 33.9 Å². The Labute approximate surface area is 514 Å². The van der Waals surface area contributed by atoms with Gasteiger partial charge in [-0.1, -0.05) is 230 Å². The van der Waals surface area contributed by atoms with Crippen molar-refractivity contribution in [2.24, 2.45) is 0 Å². The smallest absolute Gasteiger partial charge is 0.0565 e. The normalized spacial score (nSPS) is 12.6. The van der Waals surface area contributed by atoms with Crippen LogP contribution in [-0.2, 0) is 29.1 Å². The average Bonchev–Trinajstić information content (AvgIpc) is 1.56. The minimum atomic E-state index is -0.314. The molecule has 0 fully saturated rings. The van der Waals surface area contributed by atoms with Crippen LogP contribution >= 0.6 is 0 Å². The molecule has 0 spiro atoms. The second-order valence-corrected chi connectivity index (χ2v) is 26.8.